The third kappa shape index (κ3) is 3.08. The molecule has 3 N–H and O–H groups in total. The predicted octanol–water partition coefficient (Wildman–Crippen LogP) is 2.05. The zero-order valence-corrected chi connectivity index (χ0v) is 9.11. The standard InChI is InChI=1S/C11H18N4/c1-2-10(5-8-3-4-8)15-11-13-6-9(12)7-14-11/h6-8,10H,2-5,12H2,1H3,(H,13,14,15). The molecule has 0 saturated heterocycles. The zero-order chi connectivity index (χ0) is 10.7. The fraction of sp³-hybridized carbons (Fsp3) is 0.636. The van der Waals surface area contributed by atoms with Gasteiger partial charge in [0.1, 0.15) is 0 Å². The minimum atomic E-state index is 0.501. The number of nitrogens with zero attached hydrogens (tertiary/aromatic N) is 2. The first-order chi connectivity index (χ1) is 7.28. The van der Waals surface area contributed by atoms with E-state index in [0.29, 0.717) is 17.7 Å². The summed E-state index contributed by atoms with van der Waals surface area (Å²) in [4.78, 5) is 8.29. The molecule has 0 radical (unpaired) electrons. The average molecular weight is 206 g/mol. The monoisotopic (exact) mass is 206 g/mol. The summed E-state index contributed by atoms with van der Waals surface area (Å²) >= 11 is 0. The van der Waals surface area contributed by atoms with E-state index < -0.39 is 0 Å². The Morgan fingerprint density at radius 2 is 2.13 bits per heavy atom. The van der Waals surface area contributed by atoms with Crippen molar-refractivity contribution >= 4 is 11.6 Å². The van der Waals surface area contributed by atoms with Crippen LogP contribution in [0.5, 0.6) is 0 Å². The number of nitrogen functional groups attached to an aromatic ring is 1. The highest BCUT2D eigenvalue weighted by molar-refractivity contribution is 5.36. The molecule has 0 spiro atoms. The third-order valence-electron chi connectivity index (χ3n) is 2.81. The van der Waals surface area contributed by atoms with Crippen LogP contribution in [0.1, 0.15) is 32.6 Å². The van der Waals surface area contributed by atoms with Crippen molar-refractivity contribution in [1.82, 2.24) is 9.97 Å². The van der Waals surface area contributed by atoms with Crippen LogP contribution >= 0.6 is 0 Å². The molecule has 4 nitrogen and oxygen atoms in total. The molecule has 4 heteroatoms. The van der Waals surface area contributed by atoms with Gasteiger partial charge in [0, 0.05) is 6.04 Å². The highest BCUT2D eigenvalue weighted by Gasteiger charge is 2.24. The summed E-state index contributed by atoms with van der Waals surface area (Å²) in [6.45, 7) is 2.19. The lowest BCUT2D eigenvalue weighted by atomic mass is 10.1. The second-order valence-electron chi connectivity index (χ2n) is 4.27. The van der Waals surface area contributed by atoms with Crippen LogP contribution in [0.2, 0.25) is 0 Å². The smallest absolute Gasteiger partial charge is 0.222 e. The Morgan fingerprint density at radius 3 is 2.67 bits per heavy atom. The van der Waals surface area contributed by atoms with Crippen LogP contribution in [0, 0.1) is 5.92 Å². The molecule has 1 unspecified atom stereocenters. The van der Waals surface area contributed by atoms with Crippen molar-refractivity contribution in [3.63, 3.8) is 0 Å². The Labute approximate surface area is 90.3 Å². The quantitative estimate of drug-likeness (QED) is 0.774. The Bertz CT molecular complexity index is 305. The van der Waals surface area contributed by atoms with Crippen LogP contribution in [0.25, 0.3) is 0 Å². The Balaban J connectivity index is 1.89. The first kappa shape index (κ1) is 10.2. The molecule has 1 fully saturated rings. The lowest BCUT2D eigenvalue weighted by Crippen LogP contribution is -2.20. The lowest BCUT2D eigenvalue weighted by Gasteiger charge is -2.16. The van der Waals surface area contributed by atoms with Crippen molar-refractivity contribution in [1.29, 1.82) is 0 Å². The van der Waals surface area contributed by atoms with E-state index in [0.717, 1.165) is 12.3 Å². The van der Waals surface area contributed by atoms with Gasteiger partial charge < -0.3 is 11.1 Å². The van der Waals surface area contributed by atoms with Gasteiger partial charge in [-0.3, -0.25) is 0 Å². The first-order valence-corrected chi connectivity index (χ1v) is 5.62. The van der Waals surface area contributed by atoms with Gasteiger partial charge >= 0.3 is 0 Å². The van der Waals surface area contributed by atoms with Crippen LogP contribution in [-0.4, -0.2) is 16.0 Å². The van der Waals surface area contributed by atoms with Gasteiger partial charge in [-0.15, -0.1) is 0 Å². The van der Waals surface area contributed by atoms with E-state index >= 15 is 0 Å². The molecule has 1 saturated carbocycles. The normalized spacial score (nSPS) is 17.4. The summed E-state index contributed by atoms with van der Waals surface area (Å²) in [6.07, 6.45) is 8.41. The van der Waals surface area contributed by atoms with Gasteiger partial charge in [0.2, 0.25) is 5.95 Å². The number of hydrogen-bond acceptors (Lipinski definition) is 4. The maximum atomic E-state index is 5.53. The summed E-state index contributed by atoms with van der Waals surface area (Å²) in [5.74, 6) is 1.62. The number of aromatic nitrogens is 2. The van der Waals surface area contributed by atoms with Crippen LogP contribution in [-0.2, 0) is 0 Å². The molecule has 1 aliphatic carbocycles. The van der Waals surface area contributed by atoms with E-state index in [1.807, 2.05) is 0 Å². The largest absolute Gasteiger partial charge is 0.396 e. The number of hydrogen-bond donors (Lipinski definition) is 2. The molecule has 82 valence electrons. The van der Waals surface area contributed by atoms with Gasteiger partial charge in [-0.2, -0.15) is 0 Å². The van der Waals surface area contributed by atoms with E-state index in [1.165, 1.54) is 19.3 Å². The number of nitrogens with two attached hydrogens (primary N) is 1. The van der Waals surface area contributed by atoms with E-state index in [2.05, 4.69) is 22.2 Å². The summed E-state index contributed by atoms with van der Waals surface area (Å²) in [6, 6.07) is 0.501. The summed E-state index contributed by atoms with van der Waals surface area (Å²) in [7, 11) is 0. The van der Waals surface area contributed by atoms with Crippen molar-refractivity contribution in [3.05, 3.63) is 12.4 Å². The average Bonchev–Trinajstić information content (AvgIpc) is 3.04. The molecule has 1 heterocycles. The lowest BCUT2D eigenvalue weighted by molar-refractivity contribution is 0.583. The van der Waals surface area contributed by atoms with Crippen LogP contribution < -0.4 is 11.1 Å². The van der Waals surface area contributed by atoms with Crippen LogP contribution in [0.15, 0.2) is 12.4 Å². The number of nitrogens with one attached hydrogen (secondary N) is 1. The van der Waals surface area contributed by atoms with Crippen molar-refractivity contribution in [2.75, 3.05) is 11.1 Å². The first-order valence-electron chi connectivity index (χ1n) is 5.62. The highest BCUT2D eigenvalue weighted by atomic mass is 15.1. The van der Waals surface area contributed by atoms with E-state index in [1.54, 1.807) is 12.4 Å². The molecule has 0 amide bonds. The molecule has 1 aliphatic rings. The Hall–Kier alpha value is -1.32. The molecular weight excluding hydrogens is 188 g/mol. The maximum absolute atomic E-state index is 5.53. The molecule has 15 heavy (non-hydrogen) atoms. The zero-order valence-electron chi connectivity index (χ0n) is 9.11. The fourth-order valence-electron chi connectivity index (χ4n) is 1.68. The minimum Gasteiger partial charge on any atom is -0.396 e. The SMILES string of the molecule is CCC(CC1CC1)Nc1ncc(N)cn1. The minimum absolute atomic E-state index is 0.501. The Morgan fingerprint density at radius 1 is 1.47 bits per heavy atom. The number of rotatable bonds is 5. The molecule has 2 rings (SSSR count). The second kappa shape index (κ2) is 4.47. The van der Waals surface area contributed by atoms with Gasteiger partial charge in [0.15, 0.2) is 0 Å². The molecule has 0 bridgehead atoms. The van der Waals surface area contributed by atoms with Crippen LogP contribution in [0.3, 0.4) is 0 Å². The third-order valence-corrected chi connectivity index (χ3v) is 2.81. The molecule has 0 aliphatic heterocycles. The Kier molecular flexibility index (Phi) is 3.04. The maximum Gasteiger partial charge on any atom is 0.222 e. The van der Waals surface area contributed by atoms with Gasteiger partial charge in [0.25, 0.3) is 0 Å². The van der Waals surface area contributed by atoms with Gasteiger partial charge in [-0.1, -0.05) is 19.8 Å². The van der Waals surface area contributed by atoms with E-state index in [-0.39, 0.29) is 0 Å². The van der Waals surface area contributed by atoms with Gasteiger partial charge in [-0.25, -0.2) is 9.97 Å². The summed E-state index contributed by atoms with van der Waals surface area (Å²) in [5.41, 5.74) is 6.14. The molecule has 1 atom stereocenters. The number of anilines is 2. The predicted molar refractivity (Wildman–Crippen MR) is 61.5 cm³/mol. The van der Waals surface area contributed by atoms with Crippen molar-refractivity contribution in [3.8, 4) is 0 Å². The highest BCUT2D eigenvalue weighted by Crippen LogP contribution is 2.34. The van der Waals surface area contributed by atoms with E-state index in [4.69, 9.17) is 5.73 Å². The van der Waals surface area contributed by atoms with Crippen molar-refractivity contribution in [2.24, 2.45) is 5.92 Å². The second-order valence-corrected chi connectivity index (χ2v) is 4.27. The molecule has 1 aromatic heterocycles. The van der Waals surface area contributed by atoms with Crippen LogP contribution in [0.4, 0.5) is 11.6 Å². The van der Waals surface area contributed by atoms with Crippen molar-refractivity contribution < 1.29 is 0 Å². The van der Waals surface area contributed by atoms with Crippen molar-refractivity contribution in [2.45, 2.75) is 38.6 Å². The topological polar surface area (TPSA) is 63.8 Å². The fourth-order valence-corrected chi connectivity index (χ4v) is 1.68. The molecule has 1 aromatic rings. The molecular formula is C11H18N4. The van der Waals surface area contributed by atoms with E-state index in [9.17, 15) is 0 Å². The summed E-state index contributed by atoms with van der Waals surface area (Å²) < 4.78 is 0. The summed E-state index contributed by atoms with van der Waals surface area (Å²) in [5, 5.41) is 3.35. The molecule has 0 aromatic carbocycles. The van der Waals surface area contributed by atoms with Gasteiger partial charge in [-0.05, 0) is 18.8 Å². The van der Waals surface area contributed by atoms with Gasteiger partial charge in [0.05, 0.1) is 18.1 Å².